The molecule has 7 nitrogen and oxygen atoms in total. The summed E-state index contributed by atoms with van der Waals surface area (Å²) < 4.78 is 2.78. The number of benzene rings is 1. The molecule has 1 aromatic carbocycles. The van der Waals surface area contributed by atoms with Gasteiger partial charge in [-0.05, 0) is 46.3 Å². The number of nitrogens with zero attached hydrogens (tertiary/aromatic N) is 5. The predicted molar refractivity (Wildman–Crippen MR) is 121 cm³/mol. The molecule has 0 bridgehead atoms. The standard InChI is InChI=1S/C23H26BrN5O2/c1-2-18-17(24)12-29-13-19(26-23(29)25-18)21-22(31)20(8-10-28(21)14-30)27-9-7-15-5-3-4-6-16(15)11-27/h3-6,12-14,20-22,31H,2,7-11H2,1H3/t20-,21?,22-/m0/s1. The molecule has 1 N–H and O–H groups in total. The van der Waals surface area contributed by atoms with Gasteiger partial charge in [-0.15, -0.1) is 0 Å². The van der Waals surface area contributed by atoms with Gasteiger partial charge in [-0.25, -0.2) is 9.97 Å². The second kappa shape index (κ2) is 8.33. The first-order valence-corrected chi connectivity index (χ1v) is 11.6. The number of aromatic nitrogens is 3. The Hall–Kier alpha value is -2.29. The van der Waals surface area contributed by atoms with Crippen LogP contribution < -0.4 is 0 Å². The SMILES string of the molecule is CCc1nc2nc(C3[C@@H](O)[C@@H](N4CCc5ccccc5C4)CCN3C=O)cn2cc1Br. The Morgan fingerprint density at radius 2 is 2.00 bits per heavy atom. The van der Waals surface area contributed by atoms with Crippen molar-refractivity contribution in [1.29, 1.82) is 0 Å². The highest BCUT2D eigenvalue weighted by atomic mass is 79.9. The van der Waals surface area contributed by atoms with E-state index in [0.29, 0.717) is 18.0 Å². The lowest BCUT2D eigenvalue weighted by atomic mass is 9.89. The third-order valence-corrected chi connectivity index (χ3v) is 7.32. The van der Waals surface area contributed by atoms with Crippen molar-refractivity contribution in [1.82, 2.24) is 24.2 Å². The molecule has 4 heterocycles. The number of fused-ring (bicyclic) bond motifs is 2. The maximum atomic E-state index is 11.8. The van der Waals surface area contributed by atoms with Gasteiger partial charge in [-0.1, -0.05) is 31.2 Å². The van der Waals surface area contributed by atoms with Crippen LogP contribution in [0.1, 0.15) is 41.9 Å². The van der Waals surface area contributed by atoms with E-state index in [1.807, 2.05) is 23.7 Å². The summed E-state index contributed by atoms with van der Waals surface area (Å²) in [5, 5.41) is 11.4. The van der Waals surface area contributed by atoms with Gasteiger partial charge in [0, 0.05) is 38.1 Å². The Labute approximate surface area is 189 Å². The number of halogens is 1. The van der Waals surface area contributed by atoms with E-state index >= 15 is 0 Å². The zero-order chi connectivity index (χ0) is 21.5. The summed E-state index contributed by atoms with van der Waals surface area (Å²) >= 11 is 3.56. The Morgan fingerprint density at radius 3 is 2.77 bits per heavy atom. The number of likely N-dealkylation sites (tertiary alicyclic amines) is 1. The number of hydrogen-bond donors (Lipinski definition) is 1. The van der Waals surface area contributed by atoms with Gasteiger partial charge in [0.05, 0.1) is 22.0 Å². The summed E-state index contributed by atoms with van der Waals surface area (Å²) in [4.78, 5) is 25.2. The highest BCUT2D eigenvalue weighted by Crippen LogP contribution is 2.34. The number of amides is 1. The van der Waals surface area contributed by atoms with E-state index in [4.69, 9.17) is 4.98 Å². The second-order valence-electron chi connectivity index (χ2n) is 8.39. The number of carbonyl (C=O) groups is 1. The van der Waals surface area contributed by atoms with Crippen molar-refractivity contribution in [2.75, 3.05) is 13.1 Å². The number of aryl methyl sites for hydroxylation is 1. The van der Waals surface area contributed by atoms with Gasteiger partial charge in [0.2, 0.25) is 12.2 Å². The molecule has 31 heavy (non-hydrogen) atoms. The minimum atomic E-state index is -0.719. The lowest BCUT2D eigenvalue weighted by Crippen LogP contribution is -2.56. The Morgan fingerprint density at radius 1 is 1.19 bits per heavy atom. The van der Waals surface area contributed by atoms with Crippen LogP contribution in [0.5, 0.6) is 0 Å². The molecule has 0 spiro atoms. The van der Waals surface area contributed by atoms with Gasteiger partial charge in [0.1, 0.15) is 6.04 Å². The van der Waals surface area contributed by atoms with Crippen LogP contribution in [0.4, 0.5) is 0 Å². The molecule has 3 atom stereocenters. The monoisotopic (exact) mass is 483 g/mol. The van der Waals surface area contributed by atoms with Crippen LogP contribution in [0.25, 0.3) is 5.78 Å². The minimum absolute atomic E-state index is 0.0229. The van der Waals surface area contributed by atoms with Gasteiger partial charge in [0.25, 0.3) is 0 Å². The summed E-state index contributed by atoms with van der Waals surface area (Å²) in [6, 6.07) is 8.00. The molecule has 0 saturated carbocycles. The first-order chi connectivity index (χ1) is 15.1. The molecule has 1 amide bonds. The average molecular weight is 484 g/mol. The van der Waals surface area contributed by atoms with E-state index in [1.165, 1.54) is 11.1 Å². The van der Waals surface area contributed by atoms with E-state index in [0.717, 1.165) is 48.9 Å². The average Bonchev–Trinajstić information content (AvgIpc) is 3.19. The van der Waals surface area contributed by atoms with Crippen molar-refractivity contribution in [2.45, 2.75) is 50.9 Å². The minimum Gasteiger partial charge on any atom is -0.389 e. The predicted octanol–water partition coefficient (Wildman–Crippen LogP) is 2.75. The number of aliphatic hydroxyl groups is 1. The molecular weight excluding hydrogens is 458 g/mol. The number of carbonyl (C=O) groups excluding carboxylic acids is 1. The zero-order valence-electron chi connectivity index (χ0n) is 17.5. The number of hydrogen-bond acceptors (Lipinski definition) is 5. The molecule has 1 fully saturated rings. The number of rotatable bonds is 4. The van der Waals surface area contributed by atoms with E-state index in [1.54, 1.807) is 4.90 Å². The molecule has 1 saturated heterocycles. The topological polar surface area (TPSA) is 74.0 Å². The van der Waals surface area contributed by atoms with Gasteiger partial charge in [0.15, 0.2) is 0 Å². The molecule has 162 valence electrons. The van der Waals surface area contributed by atoms with Crippen molar-refractivity contribution in [3.63, 3.8) is 0 Å². The Kier molecular flexibility index (Phi) is 5.54. The lowest BCUT2D eigenvalue weighted by molar-refractivity contribution is -0.130. The smallest absolute Gasteiger partial charge is 0.234 e. The first kappa shape index (κ1) is 20.6. The van der Waals surface area contributed by atoms with E-state index in [2.05, 4.69) is 50.1 Å². The summed E-state index contributed by atoms with van der Waals surface area (Å²) in [7, 11) is 0. The third-order valence-electron chi connectivity index (χ3n) is 6.66. The van der Waals surface area contributed by atoms with Crippen LogP contribution in [-0.4, -0.2) is 60.9 Å². The van der Waals surface area contributed by atoms with Crippen LogP contribution in [0, 0.1) is 0 Å². The molecular formula is C23H26BrN5O2. The fraction of sp³-hybridized carbons (Fsp3) is 0.435. The van der Waals surface area contributed by atoms with E-state index < -0.39 is 12.1 Å². The molecule has 2 aromatic heterocycles. The van der Waals surface area contributed by atoms with Crippen molar-refractivity contribution in [2.24, 2.45) is 0 Å². The Balaban J connectivity index is 1.46. The third kappa shape index (κ3) is 3.66. The quantitative estimate of drug-likeness (QED) is 0.577. The van der Waals surface area contributed by atoms with Crippen LogP contribution in [-0.2, 0) is 24.2 Å². The molecule has 5 rings (SSSR count). The highest BCUT2D eigenvalue weighted by molar-refractivity contribution is 9.10. The van der Waals surface area contributed by atoms with Crippen LogP contribution in [0.3, 0.4) is 0 Å². The van der Waals surface area contributed by atoms with Gasteiger partial charge < -0.3 is 10.0 Å². The van der Waals surface area contributed by atoms with Crippen molar-refractivity contribution in [3.05, 3.63) is 63.6 Å². The van der Waals surface area contributed by atoms with Crippen LogP contribution in [0.15, 0.2) is 41.1 Å². The molecule has 0 aliphatic carbocycles. The van der Waals surface area contributed by atoms with Crippen molar-refractivity contribution < 1.29 is 9.90 Å². The Bertz CT molecular complexity index is 1120. The maximum Gasteiger partial charge on any atom is 0.234 e. The largest absolute Gasteiger partial charge is 0.389 e. The van der Waals surface area contributed by atoms with Gasteiger partial charge in [-0.2, -0.15) is 0 Å². The summed E-state index contributed by atoms with van der Waals surface area (Å²) in [5.41, 5.74) is 4.32. The fourth-order valence-corrected chi connectivity index (χ4v) is 5.59. The summed E-state index contributed by atoms with van der Waals surface area (Å²) in [5.74, 6) is 0.585. The van der Waals surface area contributed by atoms with Crippen LogP contribution >= 0.6 is 15.9 Å². The molecule has 8 heteroatoms. The lowest BCUT2D eigenvalue weighted by Gasteiger charge is -2.46. The second-order valence-corrected chi connectivity index (χ2v) is 9.24. The van der Waals surface area contributed by atoms with Gasteiger partial charge in [-0.3, -0.25) is 14.1 Å². The van der Waals surface area contributed by atoms with E-state index in [-0.39, 0.29) is 6.04 Å². The van der Waals surface area contributed by atoms with E-state index in [9.17, 15) is 9.90 Å². The summed E-state index contributed by atoms with van der Waals surface area (Å²) in [6.45, 7) is 4.38. The number of aliphatic hydroxyl groups excluding tert-OH is 1. The normalized spacial score (nSPS) is 24.4. The molecule has 2 aliphatic rings. The zero-order valence-corrected chi connectivity index (χ0v) is 19.1. The fourth-order valence-electron chi connectivity index (χ4n) is 5.00. The molecule has 2 aliphatic heterocycles. The maximum absolute atomic E-state index is 11.8. The molecule has 0 radical (unpaired) electrons. The number of piperidine rings is 1. The van der Waals surface area contributed by atoms with Crippen LogP contribution in [0.2, 0.25) is 0 Å². The highest BCUT2D eigenvalue weighted by Gasteiger charge is 2.42. The number of imidazole rings is 1. The van der Waals surface area contributed by atoms with Crippen molar-refractivity contribution in [3.8, 4) is 0 Å². The molecule has 3 aromatic rings. The first-order valence-electron chi connectivity index (χ1n) is 10.8. The van der Waals surface area contributed by atoms with Crippen molar-refractivity contribution >= 4 is 28.1 Å². The van der Waals surface area contributed by atoms with Gasteiger partial charge >= 0.3 is 0 Å². The molecule has 1 unspecified atom stereocenters. The summed E-state index contributed by atoms with van der Waals surface area (Å²) in [6.07, 6.45) is 6.46.